The Bertz CT molecular complexity index is 1750. The summed E-state index contributed by atoms with van der Waals surface area (Å²) in [6, 6.07) is 3.77. The number of nitrogens with zero attached hydrogens (tertiary/aromatic N) is 5. The fourth-order valence-corrected chi connectivity index (χ4v) is 7.85. The number of aliphatic carboxylic acids is 2. The maximum Gasteiger partial charge on any atom is 0.350 e. The van der Waals surface area contributed by atoms with Crippen molar-refractivity contribution in [2.45, 2.75) is 44.1 Å². The molecule has 3 aliphatic rings. The molecule has 0 aliphatic carbocycles. The first-order valence-corrected chi connectivity index (χ1v) is 17.1. The summed E-state index contributed by atoms with van der Waals surface area (Å²) < 4.78 is 4.46. The third-order valence-electron chi connectivity index (χ3n) is 8.70. The number of nitrogens with one attached hydrogen (secondary N) is 1. The number of likely N-dealkylation sites (tertiary alicyclic amines) is 1. The number of nitrogen functional groups attached to an aromatic ring is 1. The smallest absolute Gasteiger partial charge is 0.350 e. The van der Waals surface area contributed by atoms with E-state index in [1.807, 2.05) is 0 Å². The van der Waals surface area contributed by atoms with Crippen molar-refractivity contribution in [3.63, 3.8) is 0 Å². The molecule has 0 saturated carbocycles. The Balaban J connectivity index is 1.29. The molecule has 0 bridgehead atoms. The summed E-state index contributed by atoms with van der Waals surface area (Å²) in [6.45, 7) is 4.99. The van der Waals surface area contributed by atoms with Crippen molar-refractivity contribution in [2.75, 3.05) is 44.2 Å². The Kier molecular flexibility index (Phi) is 10.2. The minimum Gasteiger partial charge on any atom is -0.543 e. The molecule has 0 unspecified atom stereocenters. The number of carbonyl (C=O) groups is 5. The van der Waals surface area contributed by atoms with Crippen LogP contribution in [0.4, 0.5) is 5.13 Å². The van der Waals surface area contributed by atoms with Gasteiger partial charge in [-0.15, -0.1) is 11.8 Å². The fraction of sp³-hybridized carbons (Fsp3) is 0.467. The number of carbonyl (C=O) groups excluding carboxylic acids is 4. The number of ketones is 1. The van der Waals surface area contributed by atoms with E-state index < -0.39 is 64.3 Å². The summed E-state index contributed by atoms with van der Waals surface area (Å²) >= 11 is 2.11. The molecule has 19 heteroatoms. The number of phenolic OH excluding ortho intramolecular Hbond substituents is 2. The first-order valence-electron chi connectivity index (χ1n) is 15.3. The van der Waals surface area contributed by atoms with Gasteiger partial charge in [-0.25, -0.2) is 4.79 Å². The summed E-state index contributed by atoms with van der Waals surface area (Å²) in [4.78, 5) is 73.8. The number of Topliss-reactive ketones (excluding diaryl/α,β-unsaturated/α-hetero) is 1. The lowest BCUT2D eigenvalue weighted by Crippen LogP contribution is -2.64. The molecular weight excluding hydrogens is 683 g/mol. The summed E-state index contributed by atoms with van der Waals surface area (Å²) in [5, 5.41) is 47.0. The first kappa shape index (κ1) is 35.6. The molecule has 3 aliphatic heterocycles. The molecule has 0 spiro atoms. The number of thioether (sulfide) groups is 1. The van der Waals surface area contributed by atoms with Gasteiger partial charge in [-0.1, -0.05) is 5.16 Å². The van der Waals surface area contributed by atoms with Crippen molar-refractivity contribution >= 4 is 63.7 Å². The van der Waals surface area contributed by atoms with Crippen molar-refractivity contribution in [2.24, 2.45) is 11.1 Å². The number of carboxylic acid groups (broad SMARTS) is 2. The average Bonchev–Trinajstić information content (AvgIpc) is 3.69. The number of rotatable bonds is 14. The number of aromatic nitrogens is 2. The van der Waals surface area contributed by atoms with Crippen LogP contribution in [0.2, 0.25) is 0 Å². The van der Waals surface area contributed by atoms with E-state index in [9.17, 15) is 44.4 Å². The highest BCUT2D eigenvalue weighted by atomic mass is 32.2. The van der Waals surface area contributed by atoms with Crippen LogP contribution in [0.3, 0.4) is 0 Å². The predicted octanol–water partition coefficient (Wildman–Crippen LogP) is -0.349. The SMILES string of the molecule is CC(C)(O/N=C(\C(=O)C[C@@H]1C(=O)N2C(C(=O)[O-])=C(C[N+]3(CCNC(=O)c4ccc(O)c(O)c4)CCCC3)CS[C@H]12)c1nsc(N)n1)C(=O)O. The van der Waals surface area contributed by atoms with Gasteiger partial charge >= 0.3 is 5.97 Å². The van der Waals surface area contributed by atoms with E-state index in [1.54, 1.807) is 0 Å². The topological polar surface area (TPSA) is 258 Å². The second-order valence-electron chi connectivity index (χ2n) is 12.5. The van der Waals surface area contributed by atoms with Crippen molar-refractivity contribution < 1.29 is 53.7 Å². The Morgan fingerprint density at radius 1 is 1.20 bits per heavy atom. The standard InChI is InChI=1S/C30H35N7O10S2/c1-30(2,28(45)46)47-34-21(23-33-29(31)49-35-23)20(40)12-17-25(42)36-22(27(43)44)16(14-48-26(17)36)13-37(8-3-4-9-37)10-7-32-24(41)15-5-6-18(38)19(39)11-15/h5-6,11,17,26H,3-4,7-10,12-14H2,1-2H3,(H6-,31,32,33,34,35,38,39,40,41,43,44,45,46)/t17-,26-/m1/s1. The van der Waals surface area contributed by atoms with Crippen LogP contribution in [0, 0.1) is 5.92 Å². The van der Waals surface area contributed by atoms with Crippen LogP contribution in [-0.4, -0.2) is 119 Å². The van der Waals surface area contributed by atoms with Crippen molar-refractivity contribution in [3.05, 3.63) is 40.9 Å². The van der Waals surface area contributed by atoms with Gasteiger partial charge < -0.3 is 45.6 Å². The number of quaternary nitrogens is 1. The van der Waals surface area contributed by atoms with Gasteiger partial charge in [0.15, 0.2) is 28.1 Å². The Morgan fingerprint density at radius 3 is 2.53 bits per heavy atom. The lowest BCUT2D eigenvalue weighted by molar-refractivity contribution is -0.911. The van der Waals surface area contributed by atoms with Gasteiger partial charge in [0.1, 0.15) is 6.54 Å². The molecule has 262 valence electrons. The number of nitrogens with two attached hydrogens (primary N) is 1. The number of amides is 2. The van der Waals surface area contributed by atoms with Crippen LogP contribution < -0.4 is 16.2 Å². The average molecular weight is 718 g/mol. The van der Waals surface area contributed by atoms with Gasteiger partial charge in [-0.2, -0.15) is 9.36 Å². The van der Waals surface area contributed by atoms with Crippen LogP contribution in [0.25, 0.3) is 0 Å². The first-order chi connectivity index (χ1) is 23.1. The molecule has 2 saturated heterocycles. The van der Waals surface area contributed by atoms with Gasteiger partial charge in [0.05, 0.1) is 49.1 Å². The molecule has 1 aromatic carbocycles. The number of anilines is 1. The third kappa shape index (κ3) is 7.47. The number of phenols is 2. The molecule has 1 aromatic heterocycles. The van der Waals surface area contributed by atoms with E-state index in [2.05, 4.69) is 19.8 Å². The molecule has 2 fully saturated rings. The molecule has 6 N–H and O–H groups in total. The summed E-state index contributed by atoms with van der Waals surface area (Å²) in [6.07, 6.45) is 1.40. The van der Waals surface area contributed by atoms with Crippen molar-refractivity contribution in [1.29, 1.82) is 0 Å². The Labute approximate surface area is 288 Å². The highest BCUT2D eigenvalue weighted by Crippen LogP contribution is 2.46. The van der Waals surface area contributed by atoms with E-state index in [1.165, 1.54) is 37.7 Å². The van der Waals surface area contributed by atoms with Crippen molar-refractivity contribution in [1.82, 2.24) is 19.6 Å². The molecular formula is C30H35N7O10S2. The highest BCUT2D eigenvalue weighted by Gasteiger charge is 2.53. The Morgan fingerprint density at radius 2 is 1.92 bits per heavy atom. The van der Waals surface area contributed by atoms with Gasteiger partial charge in [-0.05, 0) is 32.0 Å². The molecule has 2 aromatic rings. The number of aromatic hydroxyl groups is 2. The third-order valence-corrected chi connectivity index (χ3v) is 10.6. The molecule has 4 heterocycles. The summed E-state index contributed by atoms with van der Waals surface area (Å²) in [5.41, 5.74) is 3.93. The second kappa shape index (κ2) is 14.0. The van der Waals surface area contributed by atoms with Gasteiger partial charge in [0.25, 0.3) is 5.91 Å². The lowest BCUT2D eigenvalue weighted by atomic mass is 9.89. The number of β-lactam (4-membered cyclic amide) rings is 1. The van der Waals surface area contributed by atoms with Crippen LogP contribution in [0.5, 0.6) is 11.5 Å². The number of oxime groups is 1. The minimum atomic E-state index is -1.79. The molecule has 17 nitrogen and oxygen atoms in total. The van der Waals surface area contributed by atoms with Crippen LogP contribution in [-0.2, 0) is 24.0 Å². The predicted molar refractivity (Wildman–Crippen MR) is 173 cm³/mol. The molecule has 2 amide bonds. The van der Waals surface area contributed by atoms with Gasteiger partial charge in [0, 0.05) is 47.7 Å². The van der Waals surface area contributed by atoms with Crippen LogP contribution in [0.15, 0.2) is 34.6 Å². The maximum absolute atomic E-state index is 13.5. The van der Waals surface area contributed by atoms with Crippen molar-refractivity contribution in [3.8, 4) is 11.5 Å². The quantitative estimate of drug-likeness (QED) is 0.0551. The number of carboxylic acids is 2. The highest BCUT2D eigenvalue weighted by molar-refractivity contribution is 8.00. The van der Waals surface area contributed by atoms with E-state index in [0.29, 0.717) is 23.1 Å². The van der Waals surface area contributed by atoms with E-state index >= 15 is 0 Å². The number of hydrogen-bond donors (Lipinski definition) is 5. The second-order valence-corrected chi connectivity index (χ2v) is 14.4. The molecule has 0 radical (unpaired) electrons. The Hall–Kier alpha value is -4.75. The van der Waals surface area contributed by atoms with E-state index in [4.69, 9.17) is 10.6 Å². The normalized spacial score (nSPS) is 20.4. The van der Waals surface area contributed by atoms with Crippen LogP contribution >= 0.6 is 23.3 Å². The van der Waals surface area contributed by atoms with E-state index in [0.717, 1.165) is 48.4 Å². The minimum absolute atomic E-state index is 0.0245. The van der Waals surface area contributed by atoms with Gasteiger partial charge in [0.2, 0.25) is 17.3 Å². The zero-order chi connectivity index (χ0) is 35.7. The van der Waals surface area contributed by atoms with Gasteiger partial charge in [-0.3, -0.25) is 19.3 Å². The maximum atomic E-state index is 13.5. The molecule has 2 atom stereocenters. The number of benzene rings is 1. The number of hydrogen-bond acceptors (Lipinski definition) is 15. The number of fused-ring (bicyclic) bond motifs is 1. The summed E-state index contributed by atoms with van der Waals surface area (Å²) in [7, 11) is 0. The zero-order valence-electron chi connectivity index (χ0n) is 26.6. The monoisotopic (exact) mass is 717 g/mol. The van der Waals surface area contributed by atoms with E-state index in [-0.39, 0.29) is 40.3 Å². The van der Waals surface area contributed by atoms with Crippen LogP contribution in [0.1, 0.15) is 49.3 Å². The lowest BCUT2D eigenvalue weighted by Gasteiger charge is -2.51. The zero-order valence-corrected chi connectivity index (χ0v) is 28.2. The summed E-state index contributed by atoms with van der Waals surface area (Å²) in [5.74, 6) is -6.18. The largest absolute Gasteiger partial charge is 0.543 e. The molecule has 5 rings (SSSR count). The fourth-order valence-electron chi connectivity index (χ4n) is 6.02. The molecule has 49 heavy (non-hydrogen) atoms.